The van der Waals surface area contributed by atoms with Gasteiger partial charge in [-0.3, -0.25) is 9.69 Å². The number of nitrogens with zero attached hydrogens (tertiary/aromatic N) is 2. The van der Waals surface area contributed by atoms with Crippen LogP contribution >= 0.6 is 0 Å². The Morgan fingerprint density at radius 2 is 1.92 bits per heavy atom. The average Bonchev–Trinajstić information content (AvgIpc) is 2.91. The summed E-state index contributed by atoms with van der Waals surface area (Å²) in [6.45, 7) is 9.90. The monoisotopic (exact) mass is 349 g/mol. The van der Waals surface area contributed by atoms with E-state index in [1.165, 1.54) is 25.7 Å². The van der Waals surface area contributed by atoms with E-state index in [9.17, 15) is 4.79 Å². The maximum Gasteiger partial charge on any atom is 0.220 e. The highest BCUT2D eigenvalue weighted by molar-refractivity contribution is 5.75. The summed E-state index contributed by atoms with van der Waals surface area (Å²) in [7, 11) is 0. The van der Waals surface area contributed by atoms with E-state index in [1.807, 2.05) is 13.8 Å². The number of carbonyl (C=O) groups excluding carboxylic acids is 1. The number of likely N-dealkylation sites (tertiary alicyclic amines) is 1. The molecule has 0 aliphatic carbocycles. The van der Waals surface area contributed by atoms with Gasteiger partial charge in [0.2, 0.25) is 11.8 Å². The number of hydrogen-bond acceptors (Lipinski definition) is 4. The van der Waals surface area contributed by atoms with E-state index < -0.39 is 0 Å². The fourth-order valence-corrected chi connectivity index (χ4v) is 3.38. The molecule has 0 atom stereocenters. The van der Waals surface area contributed by atoms with Crippen molar-refractivity contribution in [3.63, 3.8) is 0 Å². The third-order valence-corrected chi connectivity index (χ3v) is 5.23. The summed E-state index contributed by atoms with van der Waals surface area (Å²) < 4.78 is 5.67. The summed E-state index contributed by atoms with van der Waals surface area (Å²) in [4.78, 5) is 18.8. The van der Waals surface area contributed by atoms with Gasteiger partial charge in [-0.1, -0.05) is 32.6 Å². The Morgan fingerprint density at radius 1 is 1.20 bits per heavy atom. The molecule has 1 aliphatic heterocycles. The van der Waals surface area contributed by atoms with Crippen LogP contribution in [0.3, 0.4) is 0 Å². The number of oxazole rings is 1. The number of amides is 1. The average molecular weight is 350 g/mol. The Bertz CT molecular complexity index is 500. The van der Waals surface area contributed by atoms with Gasteiger partial charge in [0.1, 0.15) is 5.76 Å². The molecule has 1 aromatic heterocycles. The number of hydrogen-bond donors (Lipinski definition) is 1. The van der Waals surface area contributed by atoms with Crippen molar-refractivity contribution in [2.75, 3.05) is 19.6 Å². The maximum atomic E-state index is 11.9. The number of aromatic nitrogens is 1. The lowest BCUT2D eigenvalue weighted by molar-refractivity contribution is -0.121. The molecule has 1 aromatic rings. The molecule has 1 fully saturated rings. The van der Waals surface area contributed by atoms with Gasteiger partial charge in [0.15, 0.2) is 0 Å². The predicted octanol–water partition coefficient (Wildman–Crippen LogP) is 3.98. The molecular formula is C20H35N3O2. The fourth-order valence-electron chi connectivity index (χ4n) is 3.38. The minimum atomic E-state index is 0.227. The van der Waals surface area contributed by atoms with Crippen LogP contribution in [0.25, 0.3) is 0 Å². The first-order chi connectivity index (χ1) is 12.1. The van der Waals surface area contributed by atoms with Crippen molar-refractivity contribution in [1.29, 1.82) is 0 Å². The molecule has 0 saturated carbocycles. The standard InChI is InChI=1S/C20H35N3O2/c1-4-5-6-7-8-9-19(24)21-14-18-10-12-23(13-11-18)15-20-22-16(2)17(3)25-20/h18H,4-15H2,1-3H3,(H,21,24). The van der Waals surface area contributed by atoms with Crippen LogP contribution in [0.4, 0.5) is 0 Å². The summed E-state index contributed by atoms with van der Waals surface area (Å²) in [6.07, 6.45) is 8.95. The lowest BCUT2D eigenvalue weighted by atomic mass is 9.96. The van der Waals surface area contributed by atoms with E-state index in [-0.39, 0.29) is 5.91 Å². The van der Waals surface area contributed by atoms with Gasteiger partial charge in [0, 0.05) is 13.0 Å². The number of unbranched alkanes of at least 4 members (excludes halogenated alkanes) is 4. The molecule has 0 radical (unpaired) electrons. The summed E-state index contributed by atoms with van der Waals surface area (Å²) in [5.41, 5.74) is 0.988. The maximum absolute atomic E-state index is 11.9. The number of carbonyl (C=O) groups is 1. The Morgan fingerprint density at radius 3 is 2.56 bits per heavy atom. The zero-order chi connectivity index (χ0) is 18.1. The quantitative estimate of drug-likeness (QED) is 0.649. The predicted molar refractivity (Wildman–Crippen MR) is 100 cm³/mol. The molecule has 0 bridgehead atoms. The molecule has 0 spiro atoms. The molecule has 2 rings (SSSR count). The Kier molecular flexibility index (Phi) is 8.45. The SMILES string of the molecule is CCCCCCCC(=O)NCC1CCN(Cc2nc(C)c(C)o2)CC1. The second-order valence-corrected chi connectivity index (χ2v) is 7.44. The molecule has 5 nitrogen and oxygen atoms in total. The molecule has 0 unspecified atom stereocenters. The Labute approximate surface area is 152 Å². The number of nitrogens with one attached hydrogen (secondary N) is 1. The van der Waals surface area contributed by atoms with E-state index in [1.54, 1.807) is 0 Å². The highest BCUT2D eigenvalue weighted by atomic mass is 16.4. The zero-order valence-corrected chi connectivity index (χ0v) is 16.3. The third kappa shape index (κ3) is 7.18. The topological polar surface area (TPSA) is 58.4 Å². The van der Waals surface area contributed by atoms with E-state index in [0.29, 0.717) is 12.3 Å². The summed E-state index contributed by atoms with van der Waals surface area (Å²) in [6, 6.07) is 0. The second kappa shape index (κ2) is 10.6. The van der Waals surface area contributed by atoms with Gasteiger partial charge in [0.05, 0.1) is 12.2 Å². The molecule has 142 valence electrons. The van der Waals surface area contributed by atoms with Gasteiger partial charge in [-0.25, -0.2) is 4.98 Å². The van der Waals surface area contributed by atoms with Crippen LogP contribution in [0.1, 0.15) is 75.6 Å². The van der Waals surface area contributed by atoms with Gasteiger partial charge >= 0.3 is 0 Å². The van der Waals surface area contributed by atoms with Crippen molar-refractivity contribution < 1.29 is 9.21 Å². The minimum absolute atomic E-state index is 0.227. The largest absolute Gasteiger partial charge is 0.444 e. The first kappa shape index (κ1) is 20.0. The van der Waals surface area contributed by atoms with Gasteiger partial charge in [0.25, 0.3) is 0 Å². The molecule has 2 heterocycles. The van der Waals surface area contributed by atoms with Gasteiger partial charge < -0.3 is 9.73 Å². The van der Waals surface area contributed by atoms with Gasteiger partial charge in [-0.05, 0) is 52.1 Å². The smallest absolute Gasteiger partial charge is 0.220 e. The van der Waals surface area contributed by atoms with E-state index in [4.69, 9.17) is 4.42 Å². The molecule has 1 amide bonds. The van der Waals surface area contributed by atoms with Gasteiger partial charge in [-0.2, -0.15) is 0 Å². The van der Waals surface area contributed by atoms with Crippen LogP contribution in [0, 0.1) is 19.8 Å². The van der Waals surface area contributed by atoms with Crippen LogP contribution in [0.5, 0.6) is 0 Å². The van der Waals surface area contributed by atoms with Crippen molar-refractivity contribution in [2.24, 2.45) is 5.92 Å². The van der Waals surface area contributed by atoms with E-state index in [0.717, 1.165) is 62.8 Å². The Balaban J connectivity index is 1.56. The van der Waals surface area contributed by atoms with E-state index in [2.05, 4.69) is 22.1 Å². The molecule has 1 aliphatic rings. The van der Waals surface area contributed by atoms with Crippen LogP contribution in [-0.4, -0.2) is 35.4 Å². The summed E-state index contributed by atoms with van der Waals surface area (Å²) >= 11 is 0. The van der Waals surface area contributed by atoms with Crippen molar-refractivity contribution in [2.45, 2.75) is 78.7 Å². The lowest BCUT2D eigenvalue weighted by Crippen LogP contribution is -2.38. The first-order valence-electron chi connectivity index (χ1n) is 10.0. The summed E-state index contributed by atoms with van der Waals surface area (Å²) in [5.74, 6) is 2.57. The molecule has 0 aromatic carbocycles. The lowest BCUT2D eigenvalue weighted by Gasteiger charge is -2.31. The molecule has 5 heteroatoms. The van der Waals surface area contributed by atoms with Gasteiger partial charge in [-0.15, -0.1) is 0 Å². The number of aryl methyl sites for hydroxylation is 2. The summed E-state index contributed by atoms with van der Waals surface area (Å²) in [5, 5.41) is 3.13. The molecular weight excluding hydrogens is 314 g/mol. The molecule has 1 saturated heterocycles. The van der Waals surface area contributed by atoms with Crippen LogP contribution in [0.15, 0.2) is 4.42 Å². The number of rotatable bonds is 10. The fraction of sp³-hybridized carbons (Fsp3) is 0.800. The highest BCUT2D eigenvalue weighted by Crippen LogP contribution is 2.19. The highest BCUT2D eigenvalue weighted by Gasteiger charge is 2.21. The minimum Gasteiger partial charge on any atom is -0.444 e. The second-order valence-electron chi connectivity index (χ2n) is 7.44. The normalized spacial score (nSPS) is 16.3. The third-order valence-electron chi connectivity index (χ3n) is 5.23. The molecule has 25 heavy (non-hydrogen) atoms. The van der Waals surface area contributed by atoms with Crippen LogP contribution in [0.2, 0.25) is 0 Å². The zero-order valence-electron chi connectivity index (χ0n) is 16.3. The van der Waals surface area contributed by atoms with Crippen LogP contribution in [-0.2, 0) is 11.3 Å². The number of piperidine rings is 1. The van der Waals surface area contributed by atoms with Crippen molar-refractivity contribution in [3.8, 4) is 0 Å². The first-order valence-corrected chi connectivity index (χ1v) is 10.0. The van der Waals surface area contributed by atoms with Crippen molar-refractivity contribution in [1.82, 2.24) is 15.2 Å². The van der Waals surface area contributed by atoms with E-state index >= 15 is 0 Å². The molecule has 1 N–H and O–H groups in total. The van der Waals surface area contributed by atoms with Crippen molar-refractivity contribution >= 4 is 5.91 Å². The van der Waals surface area contributed by atoms with Crippen LogP contribution < -0.4 is 5.32 Å². The van der Waals surface area contributed by atoms with Crippen molar-refractivity contribution in [3.05, 3.63) is 17.3 Å². The Hall–Kier alpha value is -1.36.